The highest BCUT2D eigenvalue weighted by Gasteiger charge is 2.60. The Morgan fingerprint density at radius 1 is 0.767 bits per heavy atom. The zero-order chi connectivity index (χ0) is 20.5. The van der Waals surface area contributed by atoms with Crippen LogP contribution in [0.15, 0.2) is 17.0 Å². The summed E-state index contributed by atoms with van der Waals surface area (Å²) in [5.41, 5.74) is 2.32. The van der Waals surface area contributed by atoms with Gasteiger partial charge in [0.2, 0.25) is 0 Å². The maximum absolute atomic E-state index is 13.0. The second-order valence-corrected chi connectivity index (χ2v) is 13.5. The van der Waals surface area contributed by atoms with Gasteiger partial charge in [-0.1, -0.05) is 12.1 Å². The maximum atomic E-state index is 13.0. The minimum atomic E-state index is -4.33. The molecule has 8 saturated carbocycles. The van der Waals surface area contributed by atoms with Gasteiger partial charge in [-0.3, -0.25) is 4.55 Å². The van der Waals surface area contributed by atoms with Crippen LogP contribution in [0.25, 0.3) is 0 Å². The quantitative estimate of drug-likeness (QED) is 0.689. The largest absolute Gasteiger partial charge is 0.392 e. The van der Waals surface area contributed by atoms with Crippen LogP contribution in [0.5, 0.6) is 0 Å². The summed E-state index contributed by atoms with van der Waals surface area (Å²) in [6.07, 6.45) is 11.6. The van der Waals surface area contributed by atoms with Crippen molar-refractivity contribution in [3.05, 3.63) is 28.8 Å². The van der Waals surface area contributed by atoms with Gasteiger partial charge in [0.1, 0.15) is 4.90 Å². The maximum Gasteiger partial charge on any atom is 0.295 e. The van der Waals surface area contributed by atoms with E-state index in [9.17, 15) is 18.1 Å². The summed E-state index contributed by atoms with van der Waals surface area (Å²) in [4.78, 5) is 0.253. The van der Waals surface area contributed by atoms with E-state index in [1.54, 1.807) is 0 Å². The lowest BCUT2D eigenvalue weighted by Gasteiger charge is -2.43. The molecule has 30 heavy (non-hydrogen) atoms. The van der Waals surface area contributed by atoms with Crippen LogP contribution in [0.1, 0.15) is 80.9 Å². The molecule has 4 atom stereocenters. The lowest BCUT2D eigenvalue weighted by Crippen LogP contribution is -2.37. The predicted molar refractivity (Wildman–Crippen MR) is 113 cm³/mol. The summed E-state index contributed by atoms with van der Waals surface area (Å²) < 4.78 is 36.5. The van der Waals surface area contributed by atoms with Gasteiger partial charge < -0.3 is 5.11 Å². The number of hydrogen-bond acceptors (Lipinski definition) is 3. The molecule has 162 valence electrons. The van der Waals surface area contributed by atoms with E-state index in [2.05, 4.69) is 0 Å². The topological polar surface area (TPSA) is 74.6 Å². The fourth-order valence-corrected chi connectivity index (χ4v) is 11.2. The van der Waals surface area contributed by atoms with Gasteiger partial charge in [-0.05, 0) is 127 Å². The lowest BCUT2D eigenvalue weighted by molar-refractivity contribution is 0.213. The van der Waals surface area contributed by atoms with Gasteiger partial charge in [-0.25, -0.2) is 0 Å². The fraction of sp³-hybridized carbons (Fsp3) is 0.760. The highest BCUT2D eigenvalue weighted by molar-refractivity contribution is 7.86. The van der Waals surface area contributed by atoms with E-state index in [4.69, 9.17) is 0 Å². The van der Waals surface area contributed by atoms with Gasteiger partial charge in [-0.15, -0.1) is 0 Å². The molecule has 0 saturated heterocycles. The average molecular weight is 429 g/mol. The smallest absolute Gasteiger partial charge is 0.295 e. The Morgan fingerprint density at radius 3 is 1.47 bits per heavy atom. The normalized spacial score (nSPS) is 47.7. The Morgan fingerprint density at radius 2 is 1.17 bits per heavy atom. The van der Waals surface area contributed by atoms with Crippen molar-refractivity contribution in [2.75, 3.05) is 0 Å². The molecule has 1 aromatic carbocycles. The minimum absolute atomic E-state index is 0.0650. The molecule has 8 aliphatic rings. The highest BCUT2D eigenvalue weighted by Crippen LogP contribution is 2.68. The summed E-state index contributed by atoms with van der Waals surface area (Å²) in [5, 5.41) is 10.1. The first-order valence-corrected chi connectivity index (χ1v) is 13.5. The SMILES string of the molecule is O=S(=O)(O)c1c(C23CC4CC(C2)C(C4)C3)cc(CO)cc1C12CC3CC(C1)C(C3)C2. The number of aliphatic hydroxyl groups excluding tert-OH is 1. The van der Waals surface area contributed by atoms with Gasteiger partial charge in [0, 0.05) is 0 Å². The monoisotopic (exact) mass is 428 g/mol. The Bertz CT molecular complexity index is 941. The molecule has 8 fully saturated rings. The lowest BCUT2D eigenvalue weighted by atomic mass is 9.62. The fourth-order valence-electron chi connectivity index (χ4n) is 10.1. The van der Waals surface area contributed by atoms with Gasteiger partial charge >= 0.3 is 0 Å². The van der Waals surface area contributed by atoms with Crippen molar-refractivity contribution in [1.82, 2.24) is 0 Å². The van der Waals surface area contributed by atoms with Crippen molar-refractivity contribution in [3.8, 4) is 0 Å². The third-order valence-corrected chi connectivity index (χ3v) is 11.5. The summed E-state index contributed by atoms with van der Waals surface area (Å²) >= 11 is 0. The number of hydrogen-bond donors (Lipinski definition) is 2. The van der Waals surface area contributed by atoms with Crippen molar-refractivity contribution < 1.29 is 18.1 Å². The molecule has 1 aromatic rings. The van der Waals surface area contributed by atoms with E-state index in [1.807, 2.05) is 12.1 Å². The molecule has 4 nitrogen and oxygen atoms in total. The third kappa shape index (κ3) is 2.32. The molecule has 2 N–H and O–H groups in total. The summed E-state index contributed by atoms with van der Waals surface area (Å²) in [7, 11) is -4.33. The zero-order valence-corrected chi connectivity index (χ0v) is 18.3. The van der Waals surface area contributed by atoms with Gasteiger partial charge in [0.15, 0.2) is 0 Å². The molecule has 0 heterocycles. The van der Waals surface area contributed by atoms with Crippen molar-refractivity contribution in [1.29, 1.82) is 0 Å². The van der Waals surface area contributed by atoms with Crippen molar-refractivity contribution in [2.24, 2.45) is 35.5 Å². The first-order chi connectivity index (χ1) is 14.3. The van der Waals surface area contributed by atoms with Crippen LogP contribution in [0, 0.1) is 35.5 Å². The van der Waals surface area contributed by atoms with Crippen molar-refractivity contribution in [2.45, 2.75) is 86.5 Å². The second kappa shape index (κ2) is 5.71. The number of benzene rings is 1. The minimum Gasteiger partial charge on any atom is -0.392 e. The molecule has 0 aromatic heterocycles. The zero-order valence-electron chi connectivity index (χ0n) is 17.5. The molecule has 0 aliphatic heterocycles. The predicted octanol–water partition coefficient (Wildman–Crippen LogP) is 4.58. The highest BCUT2D eigenvalue weighted by atomic mass is 32.2. The Balaban J connectivity index is 1.46. The van der Waals surface area contributed by atoms with E-state index in [1.165, 1.54) is 25.7 Å². The van der Waals surface area contributed by atoms with Crippen molar-refractivity contribution in [3.63, 3.8) is 0 Å². The van der Waals surface area contributed by atoms with Gasteiger partial charge in [0.25, 0.3) is 10.1 Å². The van der Waals surface area contributed by atoms with Crippen LogP contribution in [0.3, 0.4) is 0 Å². The van der Waals surface area contributed by atoms with Crippen LogP contribution >= 0.6 is 0 Å². The Labute approximate surface area is 179 Å². The second-order valence-electron chi connectivity index (χ2n) is 12.2. The molecule has 0 radical (unpaired) electrons. The number of aliphatic hydroxyl groups is 1. The van der Waals surface area contributed by atoms with E-state index in [-0.39, 0.29) is 22.3 Å². The Kier molecular flexibility index (Phi) is 3.55. The molecule has 8 aliphatic carbocycles. The first-order valence-electron chi connectivity index (χ1n) is 12.0. The molecular weight excluding hydrogens is 396 g/mol. The summed E-state index contributed by atoms with van der Waals surface area (Å²) in [6, 6.07) is 3.90. The van der Waals surface area contributed by atoms with Crippen LogP contribution in [-0.4, -0.2) is 18.1 Å². The molecule has 4 unspecified atom stereocenters. The van der Waals surface area contributed by atoms with Crippen LogP contribution in [0.2, 0.25) is 0 Å². The van der Waals surface area contributed by atoms with Gasteiger partial charge in [0.05, 0.1) is 6.61 Å². The summed E-state index contributed by atoms with van der Waals surface area (Å²) in [6.45, 7) is -0.0650. The Hall–Kier alpha value is -0.910. The van der Waals surface area contributed by atoms with E-state index >= 15 is 0 Å². The van der Waals surface area contributed by atoms with Crippen molar-refractivity contribution >= 4 is 10.1 Å². The first kappa shape index (κ1) is 18.6. The molecule has 0 spiro atoms. The van der Waals surface area contributed by atoms with E-state index < -0.39 is 10.1 Å². The van der Waals surface area contributed by atoms with Crippen LogP contribution < -0.4 is 0 Å². The van der Waals surface area contributed by atoms with Crippen LogP contribution in [0.4, 0.5) is 0 Å². The van der Waals surface area contributed by atoms with E-state index in [0.29, 0.717) is 11.8 Å². The molecular formula is C25H32O4S. The molecule has 8 bridgehead atoms. The third-order valence-electron chi connectivity index (χ3n) is 10.6. The average Bonchev–Trinajstić information content (AvgIpc) is 3.31. The van der Waals surface area contributed by atoms with Crippen LogP contribution in [-0.2, 0) is 27.6 Å². The number of rotatable bonds is 4. The molecule has 5 heteroatoms. The molecule has 9 rings (SSSR count). The molecule has 0 amide bonds. The van der Waals surface area contributed by atoms with Gasteiger partial charge in [-0.2, -0.15) is 8.42 Å². The standard InChI is InChI=1S/C25H32O4S/c26-13-16-5-21(24-7-14-1-17(9-24)18(2-14)10-24)23(30(27,28)29)22(6-16)25-8-15-3-19(11-25)20(4-15)12-25/h5-6,14-15,17-20,26H,1-4,7-13H2,(H,27,28,29). The van der Waals surface area contributed by atoms with E-state index in [0.717, 1.165) is 78.9 Å². The summed E-state index contributed by atoms with van der Waals surface area (Å²) in [5.74, 6) is 4.28.